The summed E-state index contributed by atoms with van der Waals surface area (Å²) in [4.78, 5) is 18.7. The Morgan fingerprint density at radius 3 is 2.76 bits per heavy atom. The summed E-state index contributed by atoms with van der Waals surface area (Å²) in [6.07, 6.45) is 4.00. The van der Waals surface area contributed by atoms with Crippen molar-refractivity contribution in [1.29, 1.82) is 0 Å². The van der Waals surface area contributed by atoms with E-state index in [0.717, 1.165) is 12.2 Å². The highest BCUT2D eigenvalue weighted by Gasteiger charge is 2.28. The quantitative estimate of drug-likeness (QED) is 0.804. The minimum atomic E-state index is 0.0653. The number of rotatable bonds is 3. The Bertz CT molecular complexity index is 398. The first-order valence-electron chi connectivity index (χ1n) is 5.88. The SMILES string of the molecule is Cc1ccc(C(=O)N(C)CC2CC(Br)C2)cn1. The number of pyridine rings is 1. The van der Waals surface area contributed by atoms with Crippen LogP contribution in [0.15, 0.2) is 18.3 Å². The van der Waals surface area contributed by atoms with Crippen LogP contribution in [-0.2, 0) is 0 Å². The van der Waals surface area contributed by atoms with Crippen LogP contribution in [0.5, 0.6) is 0 Å². The number of aryl methyl sites for hydroxylation is 1. The van der Waals surface area contributed by atoms with Crippen molar-refractivity contribution in [2.45, 2.75) is 24.6 Å². The molecule has 0 radical (unpaired) electrons. The third-order valence-electron chi connectivity index (χ3n) is 3.22. The van der Waals surface area contributed by atoms with E-state index >= 15 is 0 Å². The number of aromatic nitrogens is 1. The number of hydrogen-bond donors (Lipinski definition) is 0. The molecule has 1 heterocycles. The number of halogens is 1. The number of alkyl halides is 1. The molecule has 0 N–H and O–H groups in total. The zero-order chi connectivity index (χ0) is 12.4. The zero-order valence-electron chi connectivity index (χ0n) is 10.2. The lowest BCUT2D eigenvalue weighted by Crippen LogP contribution is -2.37. The van der Waals surface area contributed by atoms with Gasteiger partial charge in [0.1, 0.15) is 0 Å². The summed E-state index contributed by atoms with van der Waals surface area (Å²) in [6.45, 7) is 2.76. The second-order valence-electron chi connectivity index (χ2n) is 4.81. The van der Waals surface area contributed by atoms with E-state index in [9.17, 15) is 4.79 Å². The smallest absolute Gasteiger partial charge is 0.255 e. The van der Waals surface area contributed by atoms with E-state index in [1.54, 1.807) is 11.1 Å². The molecule has 0 aliphatic heterocycles. The number of carbonyl (C=O) groups excluding carboxylic acids is 1. The Labute approximate surface area is 110 Å². The first kappa shape index (κ1) is 12.6. The molecule has 1 aromatic rings. The van der Waals surface area contributed by atoms with Crippen LogP contribution in [0.1, 0.15) is 28.9 Å². The van der Waals surface area contributed by atoms with Crippen molar-refractivity contribution in [1.82, 2.24) is 9.88 Å². The van der Waals surface area contributed by atoms with Gasteiger partial charge in [0.05, 0.1) is 5.56 Å². The lowest BCUT2D eigenvalue weighted by molar-refractivity contribution is 0.0748. The van der Waals surface area contributed by atoms with Gasteiger partial charge < -0.3 is 4.90 Å². The Balaban J connectivity index is 1.92. The number of amides is 1. The molecule has 0 spiro atoms. The van der Waals surface area contributed by atoms with Crippen LogP contribution in [0.2, 0.25) is 0 Å². The van der Waals surface area contributed by atoms with Gasteiger partial charge in [-0.15, -0.1) is 0 Å². The molecule has 1 amide bonds. The van der Waals surface area contributed by atoms with Crippen molar-refractivity contribution >= 4 is 21.8 Å². The van der Waals surface area contributed by atoms with E-state index in [0.29, 0.717) is 16.3 Å². The Kier molecular flexibility index (Phi) is 3.82. The monoisotopic (exact) mass is 296 g/mol. The normalized spacial score (nSPS) is 23.0. The van der Waals surface area contributed by atoms with Gasteiger partial charge in [0, 0.05) is 30.3 Å². The predicted octanol–water partition coefficient (Wildman–Crippen LogP) is 2.64. The Morgan fingerprint density at radius 1 is 1.53 bits per heavy atom. The van der Waals surface area contributed by atoms with Crippen LogP contribution >= 0.6 is 15.9 Å². The summed E-state index contributed by atoms with van der Waals surface area (Å²) in [5.74, 6) is 0.710. The fourth-order valence-corrected chi connectivity index (χ4v) is 3.15. The van der Waals surface area contributed by atoms with Crippen molar-refractivity contribution in [2.75, 3.05) is 13.6 Å². The maximum atomic E-state index is 12.1. The number of carbonyl (C=O) groups is 1. The van der Waals surface area contributed by atoms with Gasteiger partial charge in [-0.1, -0.05) is 15.9 Å². The van der Waals surface area contributed by atoms with Gasteiger partial charge in [-0.25, -0.2) is 0 Å². The highest BCUT2D eigenvalue weighted by atomic mass is 79.9. The summed E-state index contributed by atoms with van der Waals surface area (Å²) < 4.78 is 0. The molecule has 3 nitrogen and oxygen atoms in total. The summed E-state index contributed by atoms with van der Waals surface area (Å²) in [5.41, 5.74) is 1.61. The standard InChI is InChI=1S/C13H17BrN2O/c1-9-3-4-11(7-15-9)13(17)16(2)8-10-5-12(14)6-10/h3-4,7,10,12H,5-6,8H2,1-2H3. The molecule has 0 unspecified atom stereocenters. The van der Waals surface area contributed by atoms with Crippen LogP contribution in [0.4, 0.5) is 0 Å². The molecular weight excluding hydrogens is 280 g/mol. The maximum Gasteiger partial charge on any atom is 0.255 e. The highest BCUT2D eigenvalue weighted by molar-refractivity contribution is 9.09. The summed E-state index contributed by atoms with van der Waals surface area (Å²) in [7, 11) is 1.86. The third kappa shape index (κ3) is 3.06. The van der Waals surface area contributed by atoms with Crippen LogP contribution in [0, 0.1) is 12.8 Å². The van der Waals surface area contributed by atoms with E-state index in [1.807, 2.05) is 26.1 Å². The number of hydrogen-bond acceptors (Lipinski definition) is 2. The van der Waals surface area contributed by atoms with Crippen molar-refractivity contribution < 1.29 is 4.79 Å². The average Bonchev–Trinajstić information content (AvgIpc) is 2.27. The van der Waals surface area contributed by atoms with Crippen LogP contribution in [-0.4, -0.2) is 34.2 Å². The molecule has 1 aromatic heterocycles. The molecule has 1 aliphatic rings. The molecule has 1 fully saturated rings. The topological polar surface area (TPSA) is 33.2 Å². The van der Waals surface area contributed by atoms with Gasteiger partial charge in [0.2, 0.25) is 0 Å². The van der Waals surface area contributed by atoms with Gasteiger partial charge in [-0.05, 0) is 37.8 Å². The molecule has 2 rings (SSSR count). The van der Waals surface area contributed by atoms with E-state index in [-0.39, 0.29) is 5.91 Å². The second kappa shape index (κ2) is 5.17. The fraction of sp³-hybridized carbons (Fsp3) is 0.538. The van der Waals surface area contributed by atoms with Crippen LogP contribution in [0.25, 0.3) is 0 Å². The summed E-state index contributed by atoms with van der Waals surface area (Å²) >= 11 is 3.57. The van der Waals surface area contributed by atoms with E-state index in [1.165, 1.54) is 12.8 Å². The predicted molar refractivity (Wildman–Crippen MR) is 71.4 cm³/mol. The Morgan fingerprint density at radius 2 is 2.24 bits per heavy atom. The lowest BCUT2D eigenvalue weighted by atomic mass is 9.85. The average molecular weight is 297 g/mol. The van der Waals surface area contributed by atoms with Gasteiger partial charge in [0.25, 0.3) is 5.91 Å². The second-order valence-corrected chi connectivity index (χ2v) is 6.10. The molecule has 0 aromatic carbocycles. The largest absolute Gasteiger partial charge is 0.341 e. The molecule has 17 heavy (non-hydrogen) atoms. The van der Waals surface area contributed by atoms with Crippen molar-refractivity contribution in [2.24, 2.45) is 5.92 Å². The molecule has 4 heteroatoms. The number of nitrogens with zero attached hydrogens (tertiary/aromatic N) is 2. The third-order valence-corrected chi connectivity index (χ3v) is 3.96. The molecule has 1 aliphatic carbocycles. The van der Waals surface area contributed by atoms with Gasteiger partial charge in [0.15, 0.2) is 0 Å². The van der Waals surface area contributed by atoms with Crippen LogP contribution < -0.4 is 0 Å². The van der Waals surface area contributed by atoms with Crippen molar-refractivity contribution in [3.63, 3.8) is 0 Å². The molecule has 0 bridgehead atoms. The maximum absolute atomic E-state index is 12.1. The molecule has 0 saturated heterocycles. The first-order chi connectivity index (χ1) is 8.06. The van der Waals surface area contributed by atoms with Crippen LogP contribution in [0.3, 0.4) is 0 Å². The fourth-order valence-electron chi connectivity index (χ4n) is 2.09. The molecule has 92 valence electrons. The molecular formula is C13H17BrN2O. The molecule has 0 atom stereocenters. The van der Waals surface area contributed by atoms with Gasteiger partial charge >= 0.3 is 0 Å². The van der Waals surface area contributed by atoms with Gasteiger partial charge in [-0.3, -0.25) is 9.78 Å². The molecule has 1 saturated carbocycles. The summed E-state index contributed by atoms with van der Waals surface area (Å²) in [6, 6.07) is 3.72. The zero-order valence-corrected chi connectivity index (χ0v) is 11.8. The van der Waals surface area contributed by atoms with Crippen molar-refractivity contribution in [3.8, 4) is 0 Å². The van der Waals surface area contributed by atoms with E-state index < -0.39 is 0 Å². The van der Waals surface area contributed by atoms with E-state index in [2.05, 4.69) is 20.9 Å². The van der Waals surface area contributed by atoms with E-state index in [4.69, 9.17) is 0 Å². The van der Waals surface area contributed by atoms with Crippen molar-refractivity contribution in [3.05, 3.63) is 29.6 Å². The lowest BCUT2D eigenvalue weighted by Gasteiger charge is -2.34. The first-order valence-corrected chi connectivity index (χ1v) is 6.80. The Hall–Kier alpha value is -0.900. The summed E-state index contributed by atoms with van der Waals surface area (Å²) in [5, 5.41) is 0. The van der Waals surface area contributed by atoms with Gasteiger partial charge in [-0.2, -0.15) is 0 Å². The minimum absolute atomic E-state index is 0.0653. The minimum Gasteiger partial charge on any atom is -0.341 e. The highest BCUT2D eigenvalue weighted by Crippen LogP contribution is 2.33.